The number of carbonyl (C=O) groups excluding carboxylic acids is 1. The summed E-state index contributed by atoms with van der Waals surface area (Å²) in [5.74, 6) is -0.515. The molecular formula is C15H26N2O4. The zero-order valence-electron chi connectivity index (χ0n) is 12.9. The van der Waals surface area contributed by atoms with Crippen LogP contribution < -0.4 is 5.32 Å². The molecule has 2 amide bonds. The van der Waals surface area contributed by atoms with E-state index in [1.807, 2.05) is 6.92 Å². The molecule has 21 heavy (non-hydrogen) atoms. The second-order valence-corrected chi connectivity index (χ2v) is 6.14. The highest BCUT2D eigenvalue weighted by Crippen LogP contribution is 2.26. The van der Waals surface area contributed by atoms with Crippen LogP contribution in [-0.2, 0) is 9.53 Å². The van der Waals surface area contributed by atoms with Crippen molar-refractivity contribution in [3.05, 3.63) is 0 Å². The molecule has 6 nitrogen and oxygen atoms in total. The number of ether oxygens (including phenoxy) is 1. The predicted molar refractivity (Wildman–Crippen MR) is 78.1 cm³/mol. The zero-order chi connectivity index (χ0) is 15.4. The van der Waals surface area contributed by atoms with Gasteiger partial charge in [-0.15, -0.1) is 0 Å². The maximum atomic E-state index is 12.4. The Morgan fingerprint density at radius 2 is 2.19 bits per heavy atom. The van der Waals surface area contributed by atoms with Crippen LogP contribution in [0, 0.1) is 5.92 Å². The minimum absolute atomic E-state index is 0.0467. The van der Waals surface area contributed by atoms with E-state index < -0.39 is 12.0 Å². The van der Waals surface area contributed by atoms with E-state index in [9.17, 15) is 14.7 Å². The van der Waals surface area contributed by atoms with Crippen molar-refractivity contribution in [3.63, 3.8) is 0 Å². The summed E-state index contributed by atoms with van der Waals surface area (Å²) in [6.45, 7) is 5.24. The van der Waals surface area contributed by atoms with Crippen molar-refractivity contribution in [2.45, 2.75) is 64.1 Å². The largest absolute Gasteiger partial charge is 0.480 e. The summed E-state index contributed by atoms with van der Waals surface area (Å²) in [6, 6.07) is -1.07. The maximum absolute atomic E-state index is 12.4. The molecule has 0 spiro atoms. The van der Waals surface area contributed by atoms with E-state index >= 15 is 0 Å². The van der Waals surface area contributed by atoms with Crippen molar-refractivity contribution in [3.8, 4) is 0 Å². The Morgan fingerprint density at radius 1 is 1.43 bits per heavy atom. The van der Waals surface area contributed by atoms with Crippen LogP contribution in [0.2, 0.25) is 0 Å². The van der Waals surface area contributed by atoms with Crippen molar-refractivity contribution in [1.82, 2.24) is 10.2 Å². The molecule has 2 N–H and O–H groups in total. The Labute approximate surface area is 125 Å². The lowest BCUT2D eigenvalue weighted by molar-refractivity contribution is -0.144. The number of carboxylic acid groups (broad SMARTS) is 1. The van der Waals surface area contributed by atoms with Gasteiger partial charge in [0.1, 0.15) is 6.04 Å². The molecule has 2 aliphatic rings. The summed E-state index contributed by atoms with van der Waals surface area (Å²) in [4.78, 5) is 25.3. The average Bonchev–Trinajstić information content (AvgIpc) is 3.00. The molecule has 2 aliphatic heterocycles. The zero-order valence-corrected chi connectivity index (χ0v) is 12.9. The fourth-order valence-electron chi connectivity index (χ4n) is 3.25. The number of amides is 2. The third-order valence-electron chi connectivity index (χ3n) is 4.71. The Morgan fingerprint density at radius 3 is 2.76 bits per heavy atom. The molecule has 4 unspecified atom stereocenters. The van der Waals surface area contributed by atoms with Gasteiger partial charge in [-0.05, 0) is 38.5 Å². The first kappa shape index (κ1) is 16.1. The first-order chi connectivity index (χ1) is 10.0. The molecule has 0 aromatic heterocycles. The smallest absolute Gasteiger partial charge is 0.326 e. The van der Waals surface area contributed by atoms with Crippen LogP contribution in [0.1, 0.15) is 46.0 Å². The Bertz CT molecular complexity index is 382. The van der Waals surface area contributed by atoms with E-state index in [0.29, 0.717) is 18.9 Å². The van der Waals surface area contributed by atoms with Crippen molar-refractivity contribution in [2.75, 3.05) is 13.2 Å². The quantitative estimate of drug-likeness (QED) is 0.830. The SMILES string of the molecule is CCC1CCN(C(=O)NC(C)C2CCCO2)C(C(=O)O)C1. The van der Waals surface area contributed by atoms with Gasteiger partial charge in [0.05, 0.1) is 12.1 Å². The number of nitrogens with zero attached hydrogens (tertiary/aromatic N) is 1. The molecule has 2 rings (SSSR count). The minimum atomic E-state index is -0.909. The lowest BCUT2D eigenvalue weighted by Crippen LogP contribution is -2.56. The van der Waals surface area contributed by atoms with Crippen LogP contribution in [0.3, 0.4) is 0 Å². The number of nitrogens with one attached hydrogen (secondary N) is 1. The van der Waals surface area contributed by atoms with E-state index in [4.69, 9.17) is 4.74 Å². The molecular weight excluding hydrogens is 272 g/mol. The molecule has 2 saturated heterocycles. The third kappa shape index (κ3) is 3.87. The standard InChI is InChI=1S/C15H26N2O4/c1-3-11-6-7-17(12(9-11)14(18)19)15(20)16-10(2)13-5-4-8-21-13/h10-13H,3-9H2,1-2H3,(H,16,20)(H,18,19). The van der Waals surface area contributed by atoms with Gasteiger partial charge in [-0.3, -0.25) is 0 Å². The predicted octanol–water partition coefficient (Wildman–Crippen LogP) is 1.84. The lowest BCUT2D eigenvalue weighted by Gasteiger charge is -2.37. The maximum Gasteiger partial charge on any atom is 0.326 e. The van der Waals surface area contributed by atoms with Gasteiger partial charge in [-0.25, -0.2) is 9.59 Å². The van der Waals surface area contributed by atoms with Crippen molar-refractivity contribution in [1.29, 1.82) is 0 Å². The van der Waals surface area contributed by atoms with E-state index in [1.165, 1.54) is 4.90 Å². The molecule has 0 bridgehead atoms. The average molecular weight is 298 g/mol. The molecule has 0 aliphatic carbocycles. The molecule has 0 radical (unpaired) electrons. The number of aliphatic carboxylic acids is 1. The van der Waals surface area contributed by atoms with Gasteiger partial charge in [0.25, 0.3) is 0 Å². The Balaban J connectivity index is 1.94. The Hall–Kier alpha value is -1.30. The fourth-order valence-corrected chi connectivity index (χ4v) is 3.25. The normalized spacial score (nSPS) is 31.0. The number of likely N-dealkylation sites (tertiary alicyclic amines) is 1. The molecule has 0 aromatic carbocycles. The molecule has 0 saturated carbocycles. The highest BCUT2D eigenvalue weighted by molar-refractivity contribution is 5.83. The summed E-state index contributed by atoms with van der Waals surface area (Å²) in [7, 11) is 0. The van der Waals surface area contributed by atoms with Crippen LogP contribution in [0.4, 0.5) is 4.79 Å². The summed E-state index contributed by atoms with van der Waals surface area (Å²) >= 11 is 0. The highest BCUT2D eigenvalue weighted by Gasteiger charge is 2.36. The van der Waals surface area contributed by atoms with Gasteiger partial charge in [-0.2, -0.15) is 0 Å². The van der Waals surface area contributed by atoms with Gasteiger partial charge in [0, 0.05) is 13.2 Å². The van der Waals surface area contributed by atoms with E-state index in [1.54, 1.807) is 0 Å². The first-order valence-electron chi connectivity index (χ1n) is 7.94. The first-order valence-corrected chi connectivity index (χ1v) is 7.94. The van der Waals surface area contributed by atoms with E-state index in [0.717, 1.165) is 32.3 Å². The number of carbonyl (C=O) groups is 2. The van der Waals surface area contributed by atoms with Crippen LogP contribution >= 0.6 is 0 Å². The summed E-state index contributed by atoms with van der Waals surface area (Å²) < 4.78 is 5.56. The fraction of sp³-hybridized carbons (Fsp3) is 0.867. The van der Waals surface area contributed by atoms with E-state index in [-0.39, 0.29) is 18.2 Å². The molecule has 6 heteroatoms. The van der Waals surface area contributed by atoms with Crippen LogP contribution in [0.5, 0.6) is 0 Å². The third-order valence-corrected chi connectivity index (χ3v) is 4.71. The molecule has 2 fully saturated rings. The topological polar surface area (TPSA) is 78.9 Å². The van der Waals surface area contributed by atoms with Crippen LogP contribution in [0.15, 0.2) is 0 Å². The van der Waals surface area contributed by atoms with Gasteiger partial charge >= 0.3 is 12.0 Å². The van der Waals surface area contributed by atoms with E-state index in [2.05, 4.69) is 12.2 Å². The van der Waals surface area contributed by atoms with Crippen molar-refractivity contribution >= 4 is 12.0 Å². The number of rotatable bonds is 4. The monoisotopic (exact) mass is 298 g/mol. The number of piperidine rings is 1. The summed E-state index contributed by atoms with van der Waals surface area (Å²) in [6.07, 6.45) is 4.40. The summed E-state index contributed by atoms with van der Waals surface area (Å²) in [5.41, 5.74) is 0. The summed E-state index contributed by atoms with van der Waals surface area (Å²) in [5, 5.41) is 12.3. The number of carboxylic acids is 1. The molecule has 2 heterocycles. The van der Waals surface area contributed by atoms with Crippen molar-refractivity contribution in [2.24, 2.45) is 5.92 Å². The number of hydrogen-bond acceptors (Lipinski definition) is 3. The highest BCUT2D eigenvalue weighted by atomic mass is 16.5. The Kier molecular flexibility index (Phi) is 5.45. The van der Waals surface area contributed by atoms with Crippen LogP contribution in [-0.4, -0.2) is 53.3 Å². The van der Waals surface area contributed by atoms with Gasteiger partial charge in [0.2, 0.25) is 0 Å². The second kappa shape index (κ2) is 7.11. The minimum Gasteiger partial charge on any atom is -0.480 e. The molecule has 0 aromatic rings. The van der Waals surface area contributed by atoms with Gasteiger partial charge in [0.15, 0.2) is 0 Å². The van der Waals surface area contributed by atoms with Crippen molar-refractivity contribution < 1.29 is 19.4 Å². The second-order valence-electron chi connectivity index (χ2n) is 6.14. The van der Waals surface area contributed by atoms with Crippen LogP contribution in [0.25, 0.3) is 0 Å². The van der Waals surface area contributed by atoms with Gasteiger partial charge in [-0.1, -0.05) is 13.3 Å². The number of urea groups is 1. The number of hydrogen-bond donors (Lipinski definition) is 2. The molecule has 120 valence electrons. The lowest BCUT2D eigenvalue weighted by atomic mass is 9.89. The van der Waals surface area contributed by atoms with Gasteiger partial charge < -0.3 is 20.1 Å². The molecule has 4 atom stereocenters.